The van der Waals surface area contributed by atoms with E-state index in [-0.39, 0.29) is 5.91 Å². The van der Waals surface area contributed by atoms with Crippen molar-refractivity contribution < 1.29 is 4.79 Å². The molecule has 0 bridgehead atoms. The third-order valence-electron chi connectivity index (χ3n) is 4.62. The lowest BCUT2D eigenvalue weighted by Gasteiger charge is -2.20. The maximum absolute atomic E-state index is 12.8. The number of anilines is 1. The number of hydrogen-bond donors (Lipinski definition) is 1. The van der Waals surface area contributed by atoms with Crippen LogP contribution in [-0.2, 0) is 0 Å². The number of hydrogen-bond acceptors (Lipinski definition) is 2. The van der Waals surface area contributed by atoms with Crippen molar-refractivity contribution in [1.29, 1.82) is 0 Å². The van der Waals surface area contributed by atoms with E-state index >= 15 is 0 Å². The van der Waals surface area contributed by atoms with Crippen LogP contribution in [0, 0.1) is 11.8 Å². The summed E-state index contributed by atoms with van der Waals surface area (Å²) in [4.78, 5) is 14.8. The number of benzene rings is 1. The first kappa shape index (κ1) is 13.5. The molecule has 3 nitrogen and oxygen atoms in total. The molecular formula is C17H24N2O. The average Bonchev–Trinajstić information content (AvgIpc) is 2.98. The van der Waals surface area contributed by atoms with E-state index in [0.717, 1.165) is 36.2 Å². The van der Waals surface area contributed by atoms with E-state index in [0.29, 0.717) is 6.04 Å². The van der Waals surface area contributed by atoms with Crippen LogP contribution in [0.25, 0.3) is 0 Å². The van der Waals surface area contributed by atoms with Gasteiger partial charge in [-0.25, -0.2) is 0 Å². The number of carbonyl (C=O) groups excluding carboxylic acids is 1. The fourth-order valence-electron chi connectivity index (χ4n) is 3.68. The Morgan fingerprint density at radius 3 is 2.50 bits per heavy atom. The predicted molar refractivity (Wildman–Crippen MR) is 81.9 cm³/mol. The smallest absolute Gasteiger partial charge is 0.255 e. The van der Waals surface area contributed by atoms with Crippen molar-refractivity contribution >= 4 is 11.6 Å². The molecule has 0 aromatic heterocycles. The van der Waals surface area contributed by atoms with Crippen LogP contribution >= 0.6 is 0 Å². The molecule has 2 unspecified atom stereocenters. The monoisotopic (exact) mass is 272 g/mol. The second-order valence-corrected chi connectivity index (χ2v) is 6.51. The molecule has 1 amide bonds. The van der Waals surface area contributed by atoms with Gasteiger partial charge < -0.3 is 10.2 Å². The van der Waals surface area contributed by atoms with Crippen LogP contribution in [0.1, 0.15) is 43.5 Å². The third kappa shape index (κ3) is 2.54. The molecule has 1 heterocycles. The van der Waals surface area contributed by atoms with E-state index < -0.39 is 0 Å². The summed E-state index contributed by atoms with van der Waals surface area (Å²) < 4.78 is 0. The molecule has 0 spiro atoms. The summed E-state index contributed by atoms with van der Waals surface area (Å²) in [6.45, 7) is 6.11. The molecule has 1 aliphatic heterocycles. The van der Waals surface area contributed by atoms with Gasteiger partial charge in [0.1, 0.15) is 0 Å². The highest BCUT2D eigenvalue weighted by molar-refractivity contribution is 5.99. The number of nitrogens with zero attached hydrogens (tertiary/aromatic N) is 1. The molecule has 3 rings (SSSR count). The highest BCUT2D eigenvalue weighted by Gasteiger charge is 2.38. The first-order valence-electron chi connectivity index (χ1n) is 7.80. The van der Waals surface area contributed by atoms with E-state index in [4.69, 9.17) is 0 Å². The Balaban J connectivity index is 1.77. The highest BCUT2D eigenvalue weighted by atomic mass is 16.2. The molecule has 1 aromatic carbocycles. The predicted octanol–water partition coefficient (Wildman–Crippen LogP) is 3.38. The van der Waals surface area contributed by atoms with Gasteiger partial charge in [0.15, 0.2) is 0 Å². The van der Waals surface area contributed by atoms with E-state index in [9.17, 15) is 4.79 Å². The van der Waals surface area contributed by atoms with Crippen molar-refractivity contribution in [2.75, 3.05) is 18.4 Å². The van der Waals surface area contributed by atoms with Crippen molar-refractivity contribution in [3.8, 4) is 0 Å². The minimum Gasteiger partial charge on any atom is -0.382 e. The molecule has 2 fully saturated rings. The van der Waals surface area contributed by atoms with Gasteiger partial charge in [-0.05, 0) is 50.7 Å². The Morgan fingerprint density at radius 1 is 1.20 bits per heavy atom. The maximum Gasteiger partial charge on any atom is 0.255 e. The van der Waals surface area contributed by atoms with Crippen LogP contribution < -0.4 is 5.32 Å². The normalized spacial score (nSPS) is 25.1. The van der Waals surface area contributed by atoms with Crippen LogP contribution in [0.15, 0.2) is 24.3 Å². The molecular weight excluding hydrogens is 248 g/mol. The summed E-state index contributed by atoms with van der Waals surface area (Å²) in [6.07, 6.45) is 3.96. The number of rotatable bonds is 3. The van der Waals surface area contributed by atoms with Gasteiger partial charge in [-0.15, -0.1) is 0 Å². The molecule has 2 aliphatic rings. The van der Waals surface area contributed by atoms with Gasteiger partial charge in [0.25, 0.3) is 5.91 Å². The molecule has 3 heteroatoms. The van der Waals surface area contributed by atoms with E-state index in [1.165, 1.54) is 19.3 Å². The fraction of sp³-hybridized carbons (Fsp3) is 0.588. The van der Waals surface area contributed by atoms with E-state index in [2.05, 4.69) is 24.1 Å². The Bertz CT molecular complexity index is 486. The standard InChI is InChI=1S/C17H24N2O/c1-12(2)18-16-9-4-3-8-15(16)17(20)19-10-13-6-5-7-14(13)11-19/h3-4,8-9,12-14,18H,5-7,10-11H2,1-2H3. The zero-order valence-electron chi connectivity index (χ0n) is 12.4. The van der Waals surface area contributed by atoms with Gasteiger partial charge in [0.2, 0.25) is 0 Å². The number of likely N-dealkylation sites (tertiary alicyclic amines) is 1. The summed E-state index contributed by atoms with van der Waals surface area (Å²) >= 11 is 0. The topological polar surface area (TPSA) is 32.3 Å². The zero-order valence-corrected chi connectivity index (χ0v) is 12.4. The first-order chi connectivity index (χ1) is 9.65. The minimum atomic E-state index is 0.197. The Hall–Kier alpha value is -1.51. The molecule has 1 aliphatic carbocycles. The number of amides is 1. The van der Waals surface area contributed by atoms with Crippen LogP contribution in [0.5, 0.6) is 0 Å². The second-order valence-electron chi connectivity index (χ2n) is 6.51. The average molecular weight is 272 g/mol. The molecule has 1 saturated carbocycles. The lowest BCUT2D eigenvalue weighted by molar-refractivity contribution is 0.0781. The van der Waals surface area contributed by atoms with Crippen molar-refractivity contribution in [1.82, 2.24) is 4.90 Å². The van der Waals surface area contributed by atoms with Crippen LogP contribution in [0.4, 0.5) is 5.69 Å². The Kier molecular flexibility index (Phi) is 3.68. The number of nitrogens with one attached hydrogen (secondary N) is 1. The summed E-state index contributed by atoms with van der Waals surface area (Å²) in [5.41, 5.74) is 1.78. The number of carbonyl (C=O) groups is 1. The summed E-state index contributed by atoms with van der Waals surface area (Å²) in [5, 5.41) is 3.38. The number of para-hydroxylation sites is 1. The van der Waals surface area contributed by atoms with E-state index in [1.807, 2.05) is 24.3 Å². The fourth-order valence-corrected chi connectivity index (χ4v) is 3.68. The van der Waals surface area contributed by atoms with Crippen molar-refractivity contribution in [2.45, 2.75) is 39.2 Å². The second kappa shape index (κ2) is 5.47. The molecule has 108 valence electrons. The van der Waals surface area contributed by atoms with Crippen LogP contribution in [0.2, 0.25) is 0 Å². The SMILES string of the molecule is CC(C)Nc1ccccc1C(=O)N1CC2CCCC2C1. The van der Waals surface area contributed by atoms with Gasteiger partial charge in [0.05, 0.1) is 5.56 Å². The van der Waals surface area contributed by atoms with Gasteiger partial charge in [-0.1, -0.05) is 18.6 Å². The maximum atomic E-state index is 12.8. The van der Waals surface area contributed by atoms with Crippen molar-refractivity contribution in [3.05, 3.63) is 29.8 Å². The third-order valence-corrected chi connectivity index (χ3v) is 4.62. The molecule has 1 N–H and O–H groups in total. The molecule has 1 saturated heterocycles. The first-order valence-corrected chi connectivity index (χ1v) is 7.80. The summed E-state index contributed by atoms with van der Waals surface area (Å²) in [5.74, 6) is 1.71. The van der Waals surface area contributed by atoms with Gasteiger partial charge >= 0.3 is 0 Å². The number of fused-ring (bicyclic) bond motifs is 1. The summed E-state index contributed by atoms with van der Waals surface area (Å²) in [7, 11) is 0. The lowest BCUT2D eigenvalue weighted by atomic mass is 10.0. The lowest BCUT2D eigenvalue weighted by Crippen LogP contribution is -2.30. The summed E-state index contributed by atoms with van der Waals surface area (Å²) in [6, 6.07) is 8.23. The molecule has 0 radical (unpaired) electrons. The quantitative estimate of drug-likeness (QED) is 0.915. The zero-order chi connectivity index (χ0) is 14.1. The van der Waals surface area contributed by atoms with Gasteiger partial charge in [-0.3, -0.25) is 4.79 Å². The van der Waals surface area contributed by atoms with Crippen molar-refractivity contribution in [3.63, 3.8) is 0 Å². The van der Waals surface area contributed by atoms with Crippen molar-refractivity contribution in [2.24, 2.45) is 11.8 Å². The van der Waals surface area contributed by atoms with Crippen LogP contribution in [-0.4, -0.2) is 29.9 Å². The largest absolute Gasteiger partial charge is 0.382 e. The molecule has 2 atom stereocenters. The Morgan fingerprint density at radius 2 is 1.85 bits per heavy atom. The van der Waals surface area contributed by atoms with Gasteiger partial charge in [0, 0.05) is 24.8 Å². The Labute approximate surface area is 121 Å². The highest BCUT2D eigenvalue weighted by Crippen LogP contribution is 2.38. The molecule has 1 aromatic rings. The van der Waals surface area contributed by atoms with Gasteiger partial charge in [-0.2, -0.15) is 0 Å². The molecule has 20 heavy (non-hydrogen) atoms. The van der Waals surface area contributed by atoms with E-state index in [1.54, 1.807) is 0 Å². The minimum absolute atomic E-state index is 0.197. The van der Waals surface area contributed by atoms with Crippen LogP contribution in [0.3, 0.4) is 0 Å².